The minimum atomic E-state index is -1.49. The molecule has 0 aromatic heterocycles. The van der Waals surface area contributed by atoms with Crippen LogP contribution in [0.15, 0.2) is 54.6 Å². The number of para-hydroxylation sites is 1. The van der Waals surface area contributed by atoms with Crippen LogP contribution in [-0.2, 0) is 4.79 Å². The maximum absolute atomic E-state index is 13.7. The smallest absolute Gasteiger partial charge is 0.176 e. The van der Waals surface area contributed by atoms with Crippen LogP contribution in [-0.4, -0.2) is 17.9 Å². The van der Waals surface area contributed by atoms with E-state index in [1.165, 1.54) is 12.1 Å². The third-order valence-corrected chi connectivity index (χ3v) is 6.15. The van der Waals surface area contributed by atoms with Crippen LogP contribution in [0.2, 0.25) is 0 Å². The first-order valence-corrected chi connectivity index (χ1v) is 9.92. The summed E-state index contributed by atoms with van der Waals surface area (Å²) in [7, 11) is 0. The Hall–Kier alpha value is -3.44. The lowest BCUT2D eigenvalue weighted by Gasteiger charge is -2.37. The molecule has 2 heterocycles. The molecule has 0 aliphatic carbocycles. The highest BCUT2D eigenvalue weighted by Crippen LogP contribution is 2.56. The lowest BCUT2D eigenvalue weighted by atomic mass is 9.68. The third-order valence-electron chi connectivity index (χ3n) is 6.15. The summed E-state index contributed by atoms with van der Waals surface area (Å²) in [6, 6.07) is 16.7. The zero-order valence-electron chi connectivity index (χ0n) is 17.1. The van der Waals surface area contributed by atoms with Crippen LogP contribution in [0.5, 0.6) is 0 Å². The third kappa shape index (κ3) is 2.74. The SMILES string of the molecule is CC(C)(C)C(=O)[C@H]1[C@H](c2ccc(F)cc2)C(C#N)(C#N)[C@H]2C=Cc3ccccc3N12. The molecule has 1 fully saturated rings. The van der Waals surface area contributed by atoms with E-state index in [0.29, 0.717) is 5.56 Å². The van der Waals surface area contributed by atoms with Crippen molar-refractivity contribution in [3.8, 4) is 12.1 Å². The molecular formula is C25H22FN3O. The van der Waals surface area contributed by atoms with Gasteiger partial charge in [-0.15, -0.1) is 0 Å². The van der Waals surface area contributed by atoms with Crippen LogP contribution in [0.1, 0.15) is 37.8 Å². The lowest BCUT2D eigenvalue weighted by molar-refractivity contribution is -0.127. The van der Waals surface area contributed by atoms with Crippen molar-refractivity contribution in [3.63, 3.8) is 0 Å². The van der Waals surface area contributed by atoms with Crippen molar-refractivity contribution in [3.05, 3.63) is 71.6 Å². The molecule has 0 spiro atoms. The van der Waals surface area contributed by atoms with Crippen LogP contribution >= 0.6 is 0 Å². The van der Waals surface area contributed by atoms with Gasteiger partial charge in [0.25, 0.3) is 0 Å². The number of rotatable bonds is 2. The summed E-state index contributed by atoms with van der Waals surface area (Å²) in [5.41, 5.74) is 0.192. The highest BCUT2D eigenvalue weighted by Gasteiger charge is 2.64. The number of nitrogens with zero attached hydrogens (tertiary/aromatic N) is 3. The van der Waals surface area contributed by atoms with Crippen molar-refractivity contribution in [1.82, 2.24) is 0 Å². The zero-order chi connectivity index (χ0) is 21.7. The molecule has 0 radical (unpaired) electrons. The predicted molar refractivity (Wildman–Crippen MR) is 113 cm³/mol. The molecule has 0 N–H and O–H groups in total. The maximum Gasteiger partial charge on any atom is 0.176 e. The Bertz CT molecular complexity index is 1100. The molecule has 4 rings (SSSR count). The maximum atomic E-state index is 13.7. The normalized spacial score (nSPS) is 23.8. The van der Waals surface area contributed by atoms with Gasteiger partial charge in [0.05, 0.1) is 24.2 Å². The van der Waals surface area contributed by atoms with Gasteiger partial charge in [-0.1, -0.05) is 63.3 Å². The quantitative estimate of drug-likeness (QED) is 0.724. The van der Waals surface area contributed by atoms with E-state index in [2.05, 4.69) is 12.1 Å². The van der Waals surface area contributed by atoms with Gasteiger partial charge in [-0.05, 0) is 29.3 Å². The molecule has 0 saturated carbocycles. The second-order valence-electron chi connectivity index (χ2n) is 8.95. The molecule has 150 valence electrons. The predicted octanol–water partition coefficient (Wildman–Crippen LogP) is 4.84. The van der Waals surface area contributed by atoms with Gasteiger partial charge in [-0.25, -0.2) is 4.39 Å². The van der Waals surface area contributed by atoms with Crippen molar-refractivity contribution in [2.75, 3.05) is 4.90 Å². The summed E-state index contributed by atoms with van der Waals surface area (Å²) in [4.78, 5) is 15.7. The molecule has 0 amide bonds. The van der Waals surface area contributed by atoms with Crippen molar-refractivity contribution in [2.45, 2.75) is 38.8 Å². The Kier molecular flexibility index (Phi) is 4.51. The summed E-state index contributed by atoms with van der Waals surface area (Å²) in [5, 5.41) is 20.5. The molecule has 5 heteroatoms. The highest BCUT2D eigenvalue weighted by molar-refractivity contribution is 5.96. The molecule has 2 aromatic rings. The summed E-state index contributed by atoms with van der Waals surface area (Å²) < 4.78 is 13.6. The van der Waals surface area contributed by atoms with Crippen molar-refractivity contribution >= 4 is 17.5 Å². The molecule has 0 bridgehead atoms. The molecule has 2 aromatic carbocycles. The average molecular weight is 399 g/mol. The number of ketones is 1. The first-order valence-electron chi connectivity index (χ1n) is 9.92. The standard InChI is InChI=1S/C25H22FN3O/c1-24(2,3)23(30)22-21(17-8-11-18(26)12-9-17)25(14-27,15-28)20-13-10-16-6-4-5-7-19(16)29(20)22/h4-13,20-22H,1-3H3/t20-,21+,22-/m1/s1. The van der Waals surface area contributed by atoms with E-state index in [0.717, 1.165) is 11.3 Å². The number of carbonyl (C=O) groups is 1. The molecule has 30 heavy (non-hydrogen) atoms. The summed E-state index contributed by atoms with van der Waals surface area (Å²) in [5.74, 6) is -1.18. The average Bonchev–Trinajstić information content (AvgIpc) is 3.04. The van der Waals surface area contributed by atoms with E-state index in [1.807, 2.05) is 62.1 Å². The van der Waals surface area contributed by atoms with Gasteiger partial charge in [-0.3, -0.25) is 4.79 Å². The van der Waals surface area contributed by atoms with Gasteiger partial charge < -0.3 is 4.90 Å². The fraction of sp³-hybridized carbons (Fsp3) is 0.320. The Morgan fingerprint density at radius 1 is 1.07 bits per heavy atom. The van der Waals surface area contributed by atoms with Crippen LogP contribution in [0.3, 0.4) is 0 Å². The van der Waals surface area contributed by atoms with E-state index in [1.54, 1.807) is 12.1 Å². The van der Waals surface area contributed by atoms with E-state index in [9.17, 15) is 19.7 Å². The monoisotopic (exact) mass is 399 g/mol. The summed E-state index contributed by atoms with van der Waals surface area (Å²) in [6.45, 7) is 5.53. The largest absolute Gasteiger partial charge is 0.351 e. The Balaban J connectivity index is 2.02. The van der Waals surface area contributed by atoms with E-state index < -0.39 is 34.6 Å². The number of benzene rings is 2. The van der Waals surface area contributed by atoms with Crippen molar-refractivity contribution in [1.29, 1.82) is 10.5 Å². The topological polar surface area (TPSA) is 67.9 Å². The van der Waals surface area contributed by atoms with Crippen LogP contribution in [0.25, 0.3) is 6.08 Å². The molecule has 0 unspecified atom stereocenters. The zero-order valence-corrected chi connectivity index (χ0v) is 17.1. The minimum Gasteiger partial charge on any atom is -0.351 e. The van der Waals surface area contributed by atoms with Crippen LogP contribution < -0.4 is 4.90 Å². The van der Waals surface area contributed by atoms with Gasteiger partial charge >= 0.3 is 0 Å². The number of carbonyl (C=O) groups excluding carboxylic acids is 1. The van der Waals surface area contributed by atoms with Crippen LogP contribution in [0.4, 0.5) is 10.1 Å². The highest BCUT2D eigenvalue weighted by atomic mass is 19.1. The van der Waals surface area contributed by atoms with E-state index in [-0.39, 0.29) is 5.78 Å². The van der Waals surface area contributed by atoms with Gasteiger partial charge in [0, 0.05) is 17.0 Å². The Morgan fingerprint density at radius 3 is 2.30 bits per heavy atom. The number of hydrogen-bond donors (Lipinski definition) is 0. The Morgan fingerprint density at radius 2 is 1.70 bits per heavy atom. The minimum absolute atomic E-state index is 0.0562. The second kappa shape index (κ2) is 6.82. The number of fused-ring (bicyclic) bond motifs is 3. The first-order chi connectivity index (χ1) is 14.2. The lowest BCUT2D eigenvalue weighted by Crippen LogP contribution is -2.47. The molecule has 3 atom stereocenters. The summed E-state index contributed by atoms with van der Waals surface area (Å²) >= 11 is 0. The molecule has 2 aliphatic heterocycles. The van der Waals surface area contributed by atoms with Crippen molar-refractivity contribution in [2.24, 2.45) is 10.8 Å². The molecule has 4 nitrogen and oxygen atoms in total. The van der Waals surface area contributed by atoms with Gasteiger partial charge in [-0.2, -0.15) is 10.5 Å². The fourth-order valence-corrected chi connectivity index (χ4v) is 4.72. The number of anilines is 1. The number of halogens is 1. The Labute approximate surface area is 175 Å². The van der Waals surface area contributed by atoms with Crippen LogP contribution in [0, 0.1) is 39.3 Å². The van der Waals surface area contributed by atoms with E-state index >= 15 is 0 Å². The number of nitriles is 2. The van der Waals surface area contributed by atoms with Crippen molar-refractivity contribution < 1.29 is 9.18 Å². The first kappa shape index (κ1) is 19.9. The van der Waals surface area contributed by atoms with Gasteiger partial charge in [0.15, 0.2) is 11.2 Å². The number of hydrogen-bond acceptors (Lipinski definition) is 4. The molecule has 2 aliphatic rings. The van der Waals surface area contributed by atoms with Gasteiger partial charge in [0.1, 0.15) is 5.82 Å². The molecular weight excluding hydrogens is 377 g/mol. The summed E-state index contributed by atoms with van der Waals surface area (Å²) in [6.07, 6.45) is 3.76. The van der Waals surface area contributed by atoms with E-state index in [4.69, 9.17) is 0 Å². The van der Waals surface area contributed by atoms with Gasteiger partial charge in [0.2, 0.25) is 0 Å². The number of Topliss-reactive ketones (excluding diaryl/α,β-unsaturated/α-hetero) is 1. The fourth-order valence-electron chi connectivity index (χ4n) is 4.72. The second-order valence-corrected chi connectivity index (χ2v) is 8.95. The molecule has 1 saturated heterocycles.